The molecule has 0 saturated heterocycles. The first-order valence-corrected chi connectivity index (χ1v) is 5.51. The van der Waals surface area contributed by atoms with Crippen molar-refractivity contribution in [3.63, 3.8) is 0 Å². The van der Waals surface area contributed by atoms with Crippen LogP contribution in [0.15, 0.2) is 12.7 Å². The average Bonchev–Trinajstić information content (AvgIpc) is 2.39. The Balaban J connectivity index is -0.0000000731. The number of aliphatic carboxylic acids is 2. The second-order valence-electron chi connectivity index (χ2n) is 1.88. The van der Waals surface area contributed by atoms with Crippen LogP contribution >= 0.6 is 25.3 Å². The zero-order valence-corrected chi connectivity index (χ0v) is 11.3. The van der Waals surface area contributed by atoms with Crippen molar-refractivity contribution in [2.45, 2.75) is 0 Å². The van der Waals surface area contributed by atoms with Crippen molar-refractivity contribution in [3.05, 3.63) is 12.7 Å². The van der Waals surface area contributed by atoms with Gasteiger partial charge in [0.25, 0.3) is 0 Å². The molecule has 0 fully saturated rings. The number of allylic oxidation sites excluding steroid dienone is 1. The van der Waals surface area contributed by atoms with Gasteiger partial charge in [-0.25, -0.2) is 0 Å². The van der Waals surface area contributed by atoms with Crippen LogP contribution in [0, 0.1) is 11.3 Å². The minimum atomic E-state index is -0.881. The second kappa shape index (κ2) is 29.7. The molecule has 0 aliphatic rings. The number of carbonyl (C=O) groups is 2. The van der Waals surface area contributed by atoms with E-state index in [4.69, 9.17) is 25.7 Å². The topological polar surface area (TPSA) is 139 Å². The molecule has 0 radical (unpaired) electrons. The summed E-state index contributed by atoms with van der Waals surface area (Å²) in [4.78, 5) is 18.6. The number of rotatable bonds is 3. The van der Waals surface area contributed by atoms with Crippen molar-refractivity contribution in [2.75, 3.05) is 24.7 Å². The summed E-state index contributed by atoms with van der Waals surface area (Å²) in [5.41, 5.74) is 0. The highest BCUT2D eigenvalue weighted by Gasteiger charge is 1.82. The molecule has 0 aromatic heterocycles. The fraction of sp³-hybridized carbons (Fsp3) is 0.444. The van der Waals surface area contributed by atoms with Crippen LogP contribution in [0.2, 0.25) is 0 Å². The Bertz CT molecular complexity index is 226. The normalized spacial score (nSPS) is 6.61. The van der Waals surface area contributed by atoms with Gasteiger partial charge < -0.3 is 20.4 Å². The van der Waals surface area contributed by atoms with E-state index in [0.717, 1.165) is 0 Å². The van der Waals surface area contributed by atoms with E-state index >= 15 is 0 Å². The Morgan fingerprint density at radius 3 is 1.28 bits per heavy atom. The standard InChI is InChI=1S/C3H3N.2C2H4O2S.C2H6O2/c1-2-3-4;2*3-2(4)1-5;3-1-2-4/h2H,1H2;2*5H,1H2,(H,3,4);3-4H,1-2H2. The van der Waals surface area contributed by atoms with Crippen LogP contribution < -0.4 is 0 Å². The van der Waals surface area contributed by atoms with Crippen LogP contribution in [-0.2, 0) is 9.59 Å². The van der Waals surface area contributed by atoms with E-state index < -0.39 is 11.9 Å². The van der Waals surface area contributed by atoms with Crippen LogP contribution in [0.3, 0.4) is 0 Å². The van der Waals surface area contributed by atoms with Gasteiger partial charge in [-0.05, 0) is 0 Å². The molecule has 0 atom stereocenters. The van der Waals surface area contributed by atoms with Gasteiger partial charge in [0.15, 0.2) is 0 Å². The quantitative estimate of drug-likeness (QED) is 0.310. The van der Waals surface area contributed by atoms with E-state index in [2.05, 4.69) is 31.8 Å². The lowest BCUT2D eigenvalue weighted by Crippen LogP contribution is -1.92. The molecule has 0 aliphatic heterocycles. The predicted octanol–water partition coefficient (Wildman–Crippen LogP) is -0.331. The molecule has 0 bridgehead atoms. The van der Waals surface area contributed by atoms with Gasteiger partial charge >= 0.3 is 11.9 Å². The molecule has 0 saturated carbocycles. The Labute approximate surface area is 116 Å². The molecule has 0 aromatic rings. The molecule has 0 aromatic carbocycles. The van der Waals surface area contributed by atoms with Crippen molar-refractivity contribution < 1.29 is 30.0 Å². The average molecular weight is 299 g/mol. The molecule has 106 valence electrons. The highest BCUT2D eigenvalue weighted by Crippen LogP contribution is 1.66. The van der Waals surface area contributed by atoms with Gasteiger partial charge in [-0.1, -0.05) is 6.58 Å². The monoisotopic (exact) mass is 299 g/mol. The van der Waals surface area contributed by atoms with Gasteiger partial charge in [0.05, 0.1) is 30.8 Å². The first kappa shape index (κ1) is 25.6. The van der Waals surface area contributed by atoms with E-state index in [9.17, 15) is 9.59 Å². The van der Waals surface area contributed by atoms with Gasteiger partial charge in [-0.15, -0.1) is 0 Å². The number of aliphatic hydroxyl groups excluding tert-OH is 2. The zero-order valence-electron chi connectivity index (χ0n) is 9.56. The molecule has 7 nitrogen and oxygen atoms in total. The van der Waals surface area contributed by atoms with Crippen LogP contribution in [0.4, 0.5) is 0 Å². The minimum Gasteiger partial charge on any atom is -0.481 e. The summed E-state index contributed by atoms with van der Waals surface area (Å²) in [5, 5.41) is 38.0. The first-order valence-electron chi connectivity index (χ1n) is 4.25. The molecule has 0 amide bonds. The molecular weight excluding hydrogens is 282 g/mol. The maximum Gasteiger partial charge on any atom is 0.313 e. The fourth-order valence-corrected chi connectivity index (χ4v) is 0. The minimum absolute atomic E-state index is 0.0833. The van der Waals surface area contributed by atoms with Crippen molar-refractivity contribution >= 4 is 37.2 Å². The first-order chi connectivity index (χ1) is 8.37. The fourth-order valence-electron chi connectivity index (χ4n) is 0. The summed E-state index contributed by atoms with van der Waals surface area (Å²) in [6, 6.07) is 1.69. The van der Waals surface area contributed by atoms with E-state index in [1.165, 1.54) is 6.08 Å². The number of thiol groups is 2. The Morgan fingerprint density at radius 2 is 1.28 bits per heavy atom. The summed E-state index contributed by atoms with van der Waals surface area (Å²) in [5.74, 6) is -1.93. The van der Waals surface area contributed by atoms with Crippen LogP contribution in [0.25, 0.3) is 0 Å². The number of aliphatic hydroxyl groups is 2. The van der Waals surface area contributed by atoms with Crippen molar-refractivity contribution in [1.29, 1.82) is 5.26 Å². The zero-order chi connectivity index (χ0) is 15.4. The van der Waals surface area contributed by atoms with E-state index in [1.807, 2.05) is 0 Å². The molecule has 18 heavy (non-hydrogen) atoms. The van der Waals surface area contributed by atoms with Gasteiger partial charge in [-0.2, -0.15) is 30.5 Å². The summed E-state index contributed by atoms with van der Waals surface area (Å²) >= 11 is 6.83. The number of hydrogen-bond acceptors (Lipinski definition) is 7. The third kappa shape index (κ3) is 123. The molecule has 0 spiro atoms. The maximum atomic E-state index is 9.29. The summed E-state index contributed by atoms with van der Waals surface area (Å²) in [6.45, 7) is 2.87. The van der Waals surface area contributed by atoms with Crippen LogP contribution in [0.5, 0.6) is 0 Å². The van der Waals surface area contributed by atoms with Gasteiger partial charge in [-0.3, -0.25) is 9.59 Å². The van der Waals surface area contributed by atoms with Crippen molar-refractivity contribution in [2.24, 2.45) is 0 Å². The third-order valence-corrected chi connectivity index (χ3v) is 1.00. The van der Waals surface area contributed by atoms with Gasteiger partial charge in [0, 0.05) is 6.08 Å². The molecule has 9 heteroatoms. The lowest BCUT2D eigenvalue weighted by molar-refractivity contribution is -0.134. The largest absolute Gasteiger partial charge is 0.481 e. The maximum absolute atomic E-state index is 9.29. The van der Waals surface area contributed by atoms with Crippen molar-refractivity contribution in [3.8, 4) is 6.07 Å². The lowest BCUT2D eigenvalue weighted by Gasteiger charge is -1.71. The molecule has 0 unspecified atom stereocenters. The van der Waals surface area contributed by atoms with Crippen molar-refractivity contribution in [1.82, 2.24) is 0 Å². The molecule has 0 rings (SSSR count). The summed E-state index contributed by atoms with van der Waals surface area (Å²) in [7, 11) is 0. The smallest absolute Gasteiger partial charge is 0.313 e. The lowest BCUT2D eigenvalue weighted by atomic mass is 10.8. The van der Waals surface area contributed by atoms with Crippen LogP contribution in [0.1, 0.15) is 0 Å². The second-order valence-corrected chi connectivity index (χ2v) is 2.52. The number of carboxylic acids is 2. The molecule has 0 aliphatic carbocycles. The number of nitriles is 1. The predicted molar refractivity (Wildman–Crippen MR) is 73.0 cm³/mol. The summed E-state index contributed by atoms with van der Waals surface area (Å²) in [6.07, 6.45) is 1.18. The summed E-state index contributed by atoms with van der Waals surface area (Å²) < 4.78 is 0. The highest BCUT2D eigenvalue weighted by atomic mass is 32.1. The third-order valence-electron chi connectivity index (χ3n) is 0.462. The SMILES string of the molecule is C=CC#N.O=C(O)CS.O=C(O)CS.OCCO. The Morgan fingerprint density at radius 1 is 1.11 bits per heavy atom. The Hall–Kier alpha value is -1.21. The van der Waals surface area contributed by atoms with E-state index in [-0.39, 0.29) is 24.7 Å². The molecule has 0 heterocycles. The Kier molecular flexibility index (Phi) is 42.2. The number of nitrogens with zero attached hydrogens (tertiary/aromatic N) is 1. The van der Waals surface area contributed by atoms with Crippen LogP contribution in [-0.4, -0.2) is 57.1 Å². The van der Waals surface area contributed by atoms with Gasteiger partial charge in [0.2, 0.25) is 0 Å². The molecule has 4 N–H and O–H groups in total. The van der Waals surface area contributed by atoms with Gasteiger partial charge in [0.1, 0.15) is 0 Å². The number of carboxylic acid groups (broad SMARTS) is 2. The number of hydrogen-bond donors (Lipinski definition) is 6. The van der Waals surface area contributed by atoms with E-state index in [1.54, 1.807) is 6.07 Å². The highest BCUT2D eigenvalue weighted by molar-refractivity contribution is 7.81. The molecular formula is C9H17NO6S2. The van der Waals surface area contributed by atoms with E-state index in [0.29, 0.717) is 0 Å².